The van der Waals surface area contributed by atoms with Crippen molar-refractivity contribution in [3.8, 4) is 0 Å². The molecule has 1 unspecified atom stereocenters. The van der Waals surface area contributed by atoms with E-state index >= 15 is 0 Å². The highest BCUT2D eigenvalue weighted by Gasteiger charge is 2.36. The maximum absolute atomic E-state index is 12.2. The first kappa shape index (κ1) is 16.3. The van der Waals surface area contributed by atoms with Gasteiger partial charge < -0.3 is 15.8 Å². The molecule has 20 heavy (non-hydrogen) atoms. The summed E-state index contributed by atoms with van der Waals surface area (Å²) in [5.41, 5.74) is 7.44. The predicted molar refractivity (Wildman–Crippen MR) is 70.3 cm³/mol. The number of carbonyl (C=O) groups is 1. The van der Waals surface area contributed by atoms with E-state index in [1.807, 2.05) is 0 Å². The molecule has 0 saturated carbocycles. The summed E-state index contributed by atoms with van der Waals surface area (Å²) in [6.45, 7) is 2.39. The molecule has 1 rings (SSSR count). The zero-order chi connectivity index (χ0) is 15.3. The zero-order valence-corrected chi connectivity index (χ0v) is 11.3. The molecule has 0 spiro atoms. The van der Waals surface area contributed by atoms with Gasteiger partial charge in [0.1, 0.15) is 0 Å². The van der Waals surface area contributed by atoms with Crippen LogP contribution in [0.5, 0.6) is 0 Å². The van der Waals surface area contributed by atoms with Gasteiger partial charge in [-0.2, -0.15) is 13.2 Å². The van der Waals surface area contributed by atoms with Crippen molar-refractivity contribution in [2.24, 2.45) is 0 Å². The van der Waals surface area contributed by atoms with Crippen LogP contribution in [0.4, 0.5) is 24.5 Å². The molecule has 0 fully saturated rings. The van der Waals surface area contributed by atoms with Crippen LogP contribution in [-0.2, 0) is 9.53 Å². The van der Waals surface area contributed by atoms with Crippen LogP contribution in [0.15, 0.2) is 18.2 Å². The van der Waals surface area contributed by atoms with E-state index in [9.17, 15) is 18.0 Å². The van der Waals surface area contributed by atoms with Gasteiger partial charge >= 0.3 is 6.18 Å². The molecule has 0 bridgehead atoms. The van der Waals surface area contributed by atoms with Crippen molar-refractivity contribution in [2.75, 3.05) is 17.7 Å². The lowest BCUT2D eigenvalue weighted by molar-refractivity contribution is -0.214. The maximum atomic E-state index is 12.2. The molecule has 0 aliphatic heterocycles. The van der Waals surface area contributed by atoms with Gasteiger partial charge in [-0.1, -0.05) is 6.07 Å². The minimum atomic E-state index is -4.42. The monoisotopic (exact) mass is 290 g/mol. The molecule has 1 aromatic carbocycles. The number of ether oxygens (including phenoxy) is 1. The maximum Gasteiger partial charge on any atom is 0.414 e. The Bertz CT molecular complexity index is 475. The van der Waals surface area contributed by atoms with E-state index in [4.69, 9.17) is 5.73 Å². The number of anilines is 2. The molecule has 0 aliphatic carbocycles. The second kappa shape index (κ2) is 6.60. The van der Waals surface area contributed by atoms with Crippen LogP contribution in [0, 0.1) is 6.92 Å². The molecular weight excluding hydrogens is 273 g/mol. The Morgan fingerprint density at radius 3 is 2.70 bits per heavy atom. The fourth-order valence-electron chi connectivity index (χ4n) is 1.41. The molecule has 7 heteroatoms. The summed E-state index contributed by atoms with van der Waals surface area (Å²) in [5, 5.41) is 2.58. The number of aryl methyl sites for hydroxylation is 1. The second-order valence-corrected chi connectivity index (χ2v) is 4.43. The summed E-state index contributed by atoms with van der Waals surface area (Å²) in [6.07, 6.45) is -6.46. The van der Waals surface area contributed by atoms with E-state index in [1.54, 1.807) is 25.1 Å². The van der Waals surface area contributed by atoms with Crippen molar-refractivity contribution in [1.29, 1.82) is 0 Å². The average Bonchev–Trinajstić information content (AvgIpc) is 2.32. The van der Waals surface area contributed by atoms with Crippen molar-refractivity contribution >= 4 is 17.3 Å². The Balaban J connectivity index is 2.43. The second-order valence-electron chi connectivity index (χ2n) is 4.43. The van der Waals surface area contributed by atoms with Crippen molar-refractivity contribution in [3.05, 3.63) is 23.8 Å². The normalized spacial score (nSPS) is 13.1. The SMILES string of the molecule is Cc1ccc(N)cc1NC(=O)CCOC(C)C(F)(F)F. The lowest BCUT2D eigenvalue weighted by atomic mass is 10.2. The molecule has 1 atom stereocenters. The van der Waals surface area contributed by atoms with Crippen LogP contribution in [0.25, 0.3) is 0 Å². The van der Waals surface area contributed by atoms with Gasteiger partial charge in [-0.25, -0.2) is 0 Å². The van der Waals surface area contributed by atoms with Crippen LogP contribution in [-0.4, -0.2) is 24.8 Å². The number of nitrogen functional groups attached to an aromatic ring is 1. The highest BCUT2D eigenvalue weighted by molar-refractivity contribution is 5.92. The molecule has 3 N–H and O–H groups in total. The van der Waals surface area contributed by atoms with Gasteiger partial charge in [-0.05, 0) is 31.5 Å². The van der Waals surface area contributed by atoms with Gasteiger partial charge in [-0.3, -0.25) is 4.79 Å². The number of benzene rings is 1. The van der Waals surface area contributed by atoms with Crippen LogP contribution in [0.1, 0.15) is 18.9 Å². The average molecular weight is 290 g/mol. The van der Waals surface area contributed by atoms with Gasteiger partial charge in [0, 0.05) is 11.4 Å². The summed E-state index contributed by atoms with van der Waals surface area (Å²) in [5.74, 6) is -0.423. The number of alkyl halides is 3. The third-order valence-electron chi connectivity index (χ3n) is 2.69. The van der Waals surface area contributed by atoms with E-state index in [1.165, 1.54) is 0 Å². The minimum absolute atomic E-state index is 0.158. The molecule has 1 aromatic rings. The Morgan fingerprint density at radius 2 is 2.10 bits per heavy atom. The highest BCUT2D eigenvalue weighted by Crippen LogP contribution is 2.22. The van der Waals surface area contributed by atoms with Gasteiger partial charge in [0.25, 0.3) is 0 Å². The van der Waals surface area contributed by atoms with Crippen molar-refractivity contribution in [1.82, 2.24) is 0 Å². The van der Waals surface area contributed by atoms with Gasteiger partial charge in [-0.15, -0.1) is 0 Å². The molecule has 0 saturated heterocycles. The van der Waals surface area contributed by atoms with E-state index in [2.05, 4.69) is 10.1 Å². The third kappa shape index (κ3) is 5.08. The first-order valence-corrected chi connectivity index (χ1v) is 6.04. The number of nitrogens with one attached hydrogen (secondary N) is 1. The standard InChI is InChI=1S/C13H17F3N2O2/c1-8-3-4-10(17)7-11(8)18-12(19)5-6-20-9(2)13(14,15)16/h3-4,7,9H,5-6,17H2,1-2H3,(H,18,19). The molecule has 0 heterocycles. The number of nitrogens with two attached hydrogens (primary N) is 1. The minimum Gasteiger partial charge on any atom is -0.399 e. The van der Waals surface area contributed by atoms with Crippen molar-refractivity contribution < 1.29 is 22.7 Å². The number of hydrogen-bond acceptors (Lipinski definition) is 3. The van der Waals surface area contributed by atoms with Gasteiger partial charge in [0.2, 0.25) is 5.91 Å². The Morgan fingerprint density at radius 1 is 1.45 bits per heavy atom. The Hall–Kier alpha value is -1.76. The van der Waals surface area contributed by atoms with E-state index in [0.29, 0.717) is 11.4 Å². The quantitative estimate of drug-likeness (QED) is 0.820. The number of carbonyl (C=O) groups excluding carboxylic acids is 1. The predicted octanol–water partition coefficient (Wildman–Crippen LogP) is 2.87. The molecule has 0 radical (unpaired) electrons. The van der Waals surface area contributed by atoms with Crippen LogP contribution in [0.3, 0.4) is 0 Å². The van der Waals surface area contributed by atoms with Crippen LogP contribution in [0.2, 0.25) is 0 Å². The Kier molecular flexibility index (Phi) is 5.38. The molecule has 4 nitrogen and oxygen atoms in total. The third-order valence-corrected chi connectivity index (χ3v) is 2.69. The molecular formula is C13H17F3N2O2. The smallest absolute Gasteiger partial charge is 0.399 e. The molecule has 0 aromatic heterocycles. The summed E-state index contributed by atoms with van der Waals surface area (Å²) in [4.78, 5) is 11.6. The van der Waals surface area contributed by atoms with Crippen LogP contribution >= 0.6 is 0 Å². The number of rotatable bonds is 5. The summed E-state index contributed by atoms with van der Waals surface area (Å²) < 4.78 is 41.1. The molecule has 0 aliphatic rings. The molecule has 1 amide bonds. The highest BCUT2D eigenvalue weighted by atomic mass is 19.4. The van der Waals surface area contributed by atoms with Crippen molar-refractivity contribution in [3.63, 3.8) is 0 Å². The fraction of sp³-hybridized carbons (Fsp3) is 0.462. The van der Waals surface area contributed by atoms with Gasteiger partial charge in [0.05, 0.1) is 13.0 Å². The first-order chi connectivity index (χ1) is 9.20. The number of amides is 1. The summed E-state index contributed by atoms with van der Waals surface area (Å²) in [7, 11) is 0. The number of halogens is 3. The largest absolute Gasteiger partial charge is 0.414 e. The molecule has 112 valence electrons. The van der Waals surface area contributed by atoms with Gasteiger partial charge in [0.15, 0.2) is 6.10 Å². The lowest BCUT2D eigenvalue weighted by Crippen LogP contribution is -2.29. The van der Waals surface area contributed by atoms with E-state index < -0.39 is 18.2 Å². The first-order valence-electron chi connectivity index (χ1n) is 6.04. The van der Waals surface area contributed by atoms with E-state index in [-0.39, 0.29) is 13.0 Å². The Labute approximate surface area is 115 Å². The zero-order valence-electron chi connectivity index (χ0n) is 11.3. The summed E-state index contributed by atoms with van der Waals surface area (Å²) >= 11 is 0. The summed E-state index contributed by atoms with van der Waals surface area (Å²) in [6, 6.07) is 5.03. The number of hydrogen-bond donors (Lipinski definition) is 2. The van der Waals surface area contributed by atoms with E-state index in [0.717, 1.165) is 12.5 Å². The lowest BCUT2D eigenvalue weighted by Gasteiger charge is -2.16. The van der Waals surface area contributed by atoms with Crippen LogP contribution < -0.4 is 11.1 Å². The fourth-order valence-corrected chi connectivity index (χ4v) is 1.41. The van der Waals surface area contributed by atoms with Crippen molar-refractivity contribution in [2.45, 2.75) is 32.5 Å². The topological polar surface area (TPSA) is 64.3 Å².